The number of fused-ring (bicyclic) bond motifs is 7. The van der Waals surface area contributed by atoms with Gasteiger partial charge in [-0.1, -0.05) is 164 Å². The molecule has 0 unspecified atom stereocenters. The van der Waals surface area contributed by atoms with Gasteiger partial charge in [0, 0.05) is 44.0 Å². The minimum atomic E-state index is 0.940. The Kier molecular flexibility index (Phi) is 8.50. The Balaban J connectivity index is 0.954. The molecule has 0 amide bonds. The second-order valence-corrected chi connectivity index (χ2v) is 16.0. The van der Waals surface area contributed by atoms with Crippen molar-refractivity contribution < 1.29 is 0 Å². The van der Waals surface area contributed by atoms with Crippen molar-refractivity contribution in [1.82, 2.24) is 14.1 Å². The van der Waals surface area contributed by atoms with E-state index in [-0.39, 0.29) is 0 Å². The van der Waals surface area contributed by atoms with Crippen LogP contribution >= 0.6 is 0 Å². The minimum absolute atomic E-state index is 0.940. The third-order valence-corrected chi connectivity index (χ3v) is 12.3. The Morgan fingerprint density at radius 3 is 1.15 bits per heavy atom. The van der Waals surface area contributed by atoms with Gasteiger partial charge in [0.2, 0.25) is 0 Å². The fourth-order valence-corrected chi connectivity index (χ4v) is 9.42. The van der Waals surface area contributed by atoms with Gasteiger partial charge in [-0.15, -0.1) is 0 Å². The minimum Gasteiger partial charge on any atom is -0.309 e. The van der Waals surface area contributed by atoms with Crippen LogP contribution in [-0.2, 0) is 0 Å². The summed E-state index contributed by atoms with van der Waals surface area (Å²) in [6, 6.07) is 85.0. The van der Waals surface area contributed by atoms with Crippen molar-refractivity contribution in [3.05, 3.63) is 237 Å². The van der Waals surface area contributed by atoms with Crippen LogP contribution in [-0.4, -0.2) is 14.1 Å². The quantitative estimate of drug-likeness (QED) is 0.158. The van der Waals surface area contributed by atoms with Crippen LogP contribution < -0.4 is 0 Å². The summed E-state index contributed by atoms with van der Waals surface area (Å²) < 4.78 is 4.82. The molecule has 290 valence electrons. The number of pyridine rings is 1. The molecule has 3 heterocycles. The summed E-state index contributed by atoms with van der Waals surface area (Å²) in [7, 11) is 0. The molecule has 0 saturated carbocycles. The van der Waals surface area contributed by atoms with Crippen LogP contribution in [0.25, 0.3) is 111 Å². The van der Waals surface area contributed by atoms with E-state index in [2.05, 4.69) is 246 Å². The van der Waals surface area contributed by atoms with Gasteiger partial charge in [0.05, 0.1) is 33.5 Å². The summed E-state index contributed by atoms with van der Waals surface area (Å²) in [6.45, 7) is 0. The SMILES string of the molecule is c1ccc(-c2cccc(-c3cc(-c4ccccc4)cc(-c4cccc(-c5ccc(-n6c7ccccc7c7c8c9ccccc9n(-c9ccccc9)c8ccc76)cc5)c4)n3)c2)cc1. The van der Waals surface area contributed by atoms with E-state index in [0.29, 0.717) is 0 Å². The molecular formula is C59H39N3. The number of rotatable bonds is 7. The van der Waals surface area contributed by atoms with E-state index in [4.69, 9.17) is 4.98 Å². The van der Waals surface area contributed by atoms with Crippen molar-refractivity contribution in [2.75, 3.05) is 0 Å². The van der Waals surface area contributed by atoms with E-state index in [1.807, 2.05) is 0 Å². The van der Waals surface area contributed by atoms with E-state index in [1.54, 1.807) is 0 Å². The highest BCUT2D eigenvalue weighted by atomic mass is 15.0. The van der Waals surface area contributed by atoms with Crippen LogP contribution in [0.2, 0.25) is 0 Å². The third-order valence-electron chi connectivity index (χ3n) is 12.3. The van der Waals surface area contributed by atoms with Crippen molar-refractivity contribution in [2.24, 2.45) is 0 Å². The first kappa shape index (κ1) is 35.7. The van der Waals surface area contributed by atoms with Crippen molar-refractivity contribution in [3.8, 4) is 67.3 Å². The van der Waals surface area contributed by atoms with E-state index in [1.165, 1.54) is 54.7 Å². The summed E-state index contributed by atoms with van der Waals surface area (Å²) in [5.41, 5.74) is 18.1. The highest BCUT2D eigenvalue weighted by Gasteiger charge is 2.20. The summed E-state index contributed by atoms with van der Waals surface area (Å²) >= 11 is 0. The maximum Gasteiger partial charge on any atom is 0.0715 e. The van der Waals surface area contributed by atoms with Crippen LogP contribution in [0.4, 0.5) is 0 Å². The van der Waals surface area contributed by atoms with Gasteiger partial charge in [0.25, 0.3) is 0 Å². The van der Waals surface area contributed by atoms with Gasteiger partial charge in [0.1, 0.15) is 0 Å². The second kappa shape index (κ2) is 14.8. The average Bonchev–Trinajstić information content (AvgIpc) is 3.88. The Hall–Kier alpha value is -8.27. The van der Waals surface area contributed by atoms with Crippen molar-refractivity contribution in [3.63, 3.8) is 0 Å². The van der Waals surface area contributed by atoms with Gasteiger partial charge in [-0.25, -0.2) is 4.98 Å². The van der Waals surface area contributed by atoms with E-state index >= 15 is 0 Å². The molecule has 9 aromatic carbocycles. The zero-order valence-corrected chi connectivity index (χ0v) is 33.9. The smallest absolute Gasteiger partial charge is 0.0715 e. The zero-order valence-electron chi connectivity index (χ0n) is 33.9. The first-order valence-corrected chi connectivity index (χ1v) is 21.2. The lowest BCUT2D eigenvalue weighted by atomic mass is 9.96. The largest absolute Gasteiger partial charge is 0.309 e. The number of para-hydroxylation sites is 3. The highest BCUT2D eigenvalue weighted by molar-refractivity contribution is 6.28. The molecule has 0 aliphatic rings. The topological polar surface area (TPSA) is 22.8 Å². The molecule has 3 nitrogen and oxygen atoms in total. The fraction of sp³-hybridized carbons (Fsp3) is 0. The Morgan fingerprint density at radius 2 is 0.629 bits per heavy atom. The lowest BCUT2D eigenvalue weighted by molar-refractivity contribution is 1.17. The molecule has 3 heteroatoms. The molecule has 0 aliphatic carbocycles. The molecular weight excluding hydrogens is 751 g/mol. The monoisotopic (exact) mass is 789 g/mol. The molecule has 0 aliphatic heterocycles. The van der Waals surface area contributed by atoms with Gasteiger partial charge in [-0.2, -0.15) is 0 Å². The molecule has 0 radical (unpaired) electrons. The van der Waals surface area contributed by atoms with Gasteiger partial charge < -0.3 is 9.13 Å². The van der Waals surface area contributed by atoms with Crippen LogP contribution in [0.15, 0.2) is 237 Å². The Morgan fingerprint density at radius 1 is 0.242 bits per heavy atom. The van der Waals surface area contributed by atoms with Gasteiger partial charge in [-0.3, -0.25) is 0 Å². The van der Waals surface area contributed by atoms with Crippen LogP contribution in [0.5, 0.6) is 0 Å². The van der Waals surface area contributed by atoms with Gasteiger partial charge >= 0.3 is 0 Å². The van der Waals surface area contributed by atoms with Crippen molar-refractivity contribution in [2.45, 2.75) is 0 Å². The third kappa shape index (κ3) is 6.02. The number of hydrogen-bond acceptors (Lipinski definition) is 1. The van der Waals surface area contributed by atoms with E-state index in [0.717, 1.165) is 56.1 Å². The van der Waals surface area contributed by atoms with Crippen LogP contribution in [0, 0.1) is 0 Å². The highest BCUT2D eigenvalue weighted by Crippen LogP contribution is 2.42. The van der Waals surface area contributed by atoms with Crippen LogP contribution in [0.1, 0.15) is 0 Å². The predicted molar refractivity (Wildman–Crippen MR) is 260 cm³/mol. The molecule has 0 bridgehead atoms. The molecule has 12 aromatic rings. The molecule has 12 rings (SSSR count). The predicted octanol–water partition coefficient (Wildman–Crippen LogP) is 15.6. The zero-order chi connectivity index (χ0) is 41.0. The maximum absolute atomic E-state index is 5.33. The molecule has 0 fully saturated rings. The maximum atomic E-state index is 5.33. The number of nitrogens with zero attached hydrogens (tertiary/aromatic N) is 3. The summed E-state index contributed by atoms with van der Waals surface area (Å²) in [5.74, 6) is 0. The Labute approximate surface area is 360 Å². The second-order valence-electron chi connectivity index (χ2n) is 16.0. The van der Waals surface area contributed by atoms with Crippen molar-refractivity contribution >= 4 is 43.6 Å². The normalized spacial score (nSPS) is 11.5. The molecule has 0 atom stereocenters. The molecule has 0 N–H and O–H groups in total. The van der Waals surface area contributed by atoms with Gasteiger partial charge in [0.15, 0.2) is 0 Å². The first-order valence-electron chi connectivity index (χ1n) is 21.2. The van der Waals surface area contributed by atoms with E-state index in [9.17, 15) is 0 Å². The number of aromatic nitrogens is 3. The standard InChI is InChI=1S/C59H39N3/c1-4-16-40(17-5-1)43-20-14-22-45(36-43)52-38-47(41-18-6-2-7-19-41)39-53(60-52)46-23-15-21-44(37-46)42-30-32-49(33-31-42)62-55-29-13-11-27-51(55)59-57(62)35-34-56-58(59)50-26-10-12-28-54(50)61(56)48-24-8-3-9-25-48/h1-39H. The lowest BCUT2D eigenvalue weighted by Gasteiger charge is -2.13. The summed E-state index contributed by atoms with van der Waals surface area (Å²) in [4.78, 5) is 5.33. The Bertz CT molecular complexity index is 3600. The molecule has 62 heavy (non-hydrogen) atoms. The molecule has 3 aromatic heterocycles. The van der Waals surface area contributed by atoms with Crippen LogP contribution in [0.3, 0.4) is 0 Å². The first-order chi connectivity index (χ1) is 30.7. The molecule has 0 spiro atoms. The summed E-state index contributed by atoms with van der Waals surface area (Å²) in [6.07, 6.45) is 0. The van der Waals surface area contributed by atoms with Gasteiger partial charge in [-0.05, 0) is 106 Å². The van der Waals surface area contributed by atoms with Crippen molar-refractivity contribution in [1.29, 1.82) is 0 Å². The molecule has 0 saturated heterocycles. The van der Waals surface area contributed by atoms with E-state index < -0.39 is 0 Å². The summed E-state index contributed by atoms with van der Waals surface area (Å²) in [5, 5.41) is 5.06. The number of hydrogen-bond donors (Lipinski definition) is 0. The average molecular weight is 790 g/mol. The number of benzene rings is 9. The lowest BCUT2D eigenvalue weighted by Crippen LogP contribution is -1.95. The fourth-order valence-electron chi connectivity index (χ4n) is 9.42.